The highest BCUT2D eigenvalue weighted by Crippen LogP contribution is 2.44. The number of halogens is 1. The van der Waals surface area contributed by atoms with E-state index in [0.717, 1.165) is 11.3 Å². The summed E-state index contributed by atoms with van der Waals surface area (Å²) in [5, 5.41) is 0.572. The second-order valence-corrected chi connectivity index (χ2v) is 6.55. The molecule has 1 atom stereocenters. The first-order valence-electron chi connectivity index (χ1n) is 7.97. The summed E-state index contributed by atoms with van der Waals surface area (Å²) in [5.41, 5.74) is 1.04. The lowest BCUT2D eigenvalue weighted by molar-refractivity contribution is -0.117. The fourth-order valence-electron chi connectivity index (χ4n) is 3.55. The van der Waals surface area contributed by atoms with Gasteiger partial charge in [-0.2, -0.15) is 0 Å². The van der Waals surface area contributed by atoms with Crippen molar-refractivity contribution in [3.05, 3.63) is 22.7 Å². The zero-order valence-electron chi connectivity index (χ0n) is 13.7. The zero-order chi connectivity index (χ0) is 16.1. The molecule has 0 bridgehead atoms. The summed E-state index contributed by atoms with van der Waals surface area (Å²) in [5.74, 6) is 2.28. The molecular formula is C18H25ClO3. The lowest BCUT2D eigenvalue weighted by Crippen LogP contribution is -2.19. The number of methoxy groups -OCH3 is 2. The first-order chi connectivity index (χ1) is 10.6. The van der Waals surface area contributed by atoms with E-state index in [0.29, 0.717) is 23.1 Å². The molecule has 0 amide bonds. The van der Waals surface area contributed by atoms with Gasteiger partial charge >= 0.3 is 0 Å². The fourth-order valence-corrected chi connectivity index (χ4v) is 3.80. The van der Waals surface area contributed by atoms with Crippen LogP contribution in [0.15, 0.2) is 12.1 Å². The number of benzene rings is 1. The zero-order valence-corrected chi connectivity index (χ0v) is 14.4. The van der Waals surface area contributed by atoms with Gasteiger partial charge in [0.05, 0.1) is 19.2 Å². The molecule has 0 aliphatic heterocycles. The van der Waals surface area contributed by atoms with Gasteiger partial charge in [0.1, 0.15) is 17.3 Å². The van der Waals surface area contributed by atoms with Gasteiger partial charge in [0.25, 0.3) is 0 Å². The normalized spacial score (nSPS) is 17.1. The molecule has 1 aliphatic carbocycles. The van der Waals surface area contributed by atoms with Gasteiger partial charge in [0.15, 0.2) is 0 Å². The van der Waals surface area contributed by atoms with Gasteiger partial charge in [-0.05, 0) is 43.2 Å². The highest BCUT2D eigenvalue weighted by Gasteiger charge is 2.29. The molecule has 22 heavy (non-hydrogen) atoms. The van der Waals surface area contributed by atoms with E-state index >= 15 is 0 Å². The Hall–Kier alpha value is -1.22. The minimum absolute atomic E-state index is 0.177. The van der Waals surface area contributed by atoms with Crippen molar-refractivity contribution >= 4 is 17.4 Å². The lowest BCUT2D eigenvalue weighted by Gasteiger charge is -2.31. The molecule has 2 rings (SSSR count). The Morgan fingerprint density at radius 3 is 2.36 bits per heavy atom. The third kappa shape index (κ3) is 3.95. The third-order valence-corrected chi connectivity index (χ3v) is 4.93. The summed E-state index contributed by atoms with van der Waals surface area (Å²) >= 11 is 6.31. The van der Waals surface area contributed by atoms with Crippen molar-refractivity contribution in [3.63, 3.8) is 0 Å². The first kappa shape index (κ1) is 17.1. The van der Waals surface area contributed by atoms with Gasteiger partial charge < -0.3 is 14.3 Å². The van der Waals surface area contributed by atoms with E-state index in [1.807, 2.05) is 12.1 Å². The predicted molar refractivity (Wildman–Crippen MR) is 89.2 cm³/mol. The summed E-state index contributed by atoms with van der Waals surface area (Å²) in [7, 11) is 3.24. The maximum atomic E-state index is 11.8. The smallest absolute Gasteiger partial charge is 0.141 e. The SMILES string of the molecule is COc1cc(OC)c(C(CC(C)=O)C2CCCCC2)cc1Cl. The average molecular weight is 325 g/mol. The van der Waals surface area contributed by atoms with E-state index in [4.69, 9.17) is 21.1 Å². The Labute approximate surface area is 137 Å². The number of rotatable bonds is 6. The molecule has 0 aromatic heterocycles. The van der Waals surface area contributed by atoms with Crippen LogP contribution in [-0.2, 0) is 4.79 Å². The molecule has 0 spiro atoms. The lowest BCUT2D eigenvalue weighted by atomic mass is 9.74. The van der Waals surface area contributed by atoms with E-state index in [1.165, 1.54) is 32.1 Å². The minimum Gasteiger partial charge on any atom is -0.496 e. The molecule has 122 valence electrons. The Bertz CT molecular complexity index is 521. The number of ketones is 1. The van der Waals surface area contributed by atoms with Crippen molar-refractivity contribution in [1.29, 1.82) is 0 Å². The number of carbonyl (C=O) groups excluding carboxylic acids is 1. The van der Waals surface area contributed by atoms with Gasteiger partial charge in [0.2, 0.25) is 0 Å². The first-order valence-corrected chi connectivity index (χ1v) is 8.35. The largest absolute Gasteiger partial charge is 0.496 e. The van der Waals surface area contributed by atoms with Crippen LogP contribution >= 0.6 is 11.6 Å². The molecule has 1 aromatic rings. The fraction of sp³-hybridized carbons (Fsp3) is 0.611. The second kappa shape index (κ2) is 7.87. The van der Waals surface area contributed by atoms with Crippen LogP contribution in [-0.4, -0.2) is 20.0 Å². The Kier molecular flexibility index (Phi) is 6.13. The predicted octanol–water partition coefficient (Wildman–Crippen LogP) is 5.00. The van der Waals surface area contributed by atoms with Crippen molar-refractivity contribution in [2.75, 3.05) is 14.2 Å². The maximum Gasteiger partial charge on any atom is 0.141 e. The minimum atomic E-state index is 0.177. The molecule has 3 nitrogen and oxygen atoms in total. The molecule has 0 saturated heterocycles. The quantitative estimate of drug-likeness (QED) is 0.738. The van der Waals surface area contributed by atoms with Gasteiger partial charge in [0, 0.05) is 12.5 Å². The molecular weight excluding hydrogens is 300 g/mol. The van der Waals surface area contributed by atoms with Crippen LogP contribution in [0.2, 0.25) is 5.02 Å². The summed E-state index contributed by atoms with van der Waals surface area (Å²) in [6.45, 7) is 1.66. The van der Waals surface area contributed by atoms with Crippen molar-refractivity contribution < 1.29 is 14.3 Å². The molecule has 1 unspecified atom stereocenters. The molecule has 4 heteroatoms. The summed E-state index contributed by atoms with van der Waals surface area (Å²) in [6, 6.07) is 3.75. The van der Waals surface area contributed by atoms with Crippen LogP contribution in [0, 0.1) is 5.92 Å². The maximum absolute atomic E-state index is 11.8. The summed E-state index contributed by atoms with van der Waals surface area (Å²) in [6.07, 6.45) is 6.67. The monoisotopic (exact) mass is 324 g/mol. The Balaban J connectivity index is 2.40. The van der Waals surface area contributed by atoms with Crippen molar-refractivity contribution in [1.82, 2.24) is 0 Å². The van der Waals surface area contributed by atoms with Crippen molar-refractivity contribution in [2.45, 2.75) is 51.4 Å². The molecule has 0 heterocycles. The molecule has 1 aromatic carbocycles. The van der Waals surface area contributed by atoms with Gasteiger partial charge in [-0.15, -0.1) is 0 Å². The van der Waals surface area contributed by atoms with E-state index in [-0.39, 0.29) is 11.7 Å². The van der Waals surface area contributed by atoms with Crippen LogP contribution in [0.1, 0.15) is 56.9 Å². The van der Waals surface area contributed by atoms with Crippen molar-refractivity contribution in [2.24, 2.45) is 5.92 Å². The van der Waals surface area contributed by atoms with Gasteiger partial charge in [-0.1, -0.05) is 30.9 Å². The highest BCUT2D eigenvalue weighted by atomic mass is 35.5. The van der Waals surface area contributed by atoms with Crippen LogP contribution in [0.25, 0.3) is 0 Å². The standard InChI is InChI=1S/C18H25ClO3/c1-12(20)9-14(13-7-5-4-6-8-13)15-10-16(19)18(22-3)11-17(15)21-2/h10-11,13-14H,4-9H2,1-3H3. The topological polar surface area (TPSA) is 35.5 Å². The van der Waals surface area contributed by atoms with Crippen LogP contribution in [0.5, 0.6) is 11.5 Å². The second-order valence-electron chi connectivity index (χ2n) is 6.14. The molecule has 1 fully saturated rings. The third-order valence-electron chi connectivity index (χ3n) is 4.63. The summed E-state index contributed by atoms with van der Waals surface area (Å²) < 4.78 is 10.8. The summed E-state index contributed by atoms with van der Waals surface area (Å²) in [4.78, 5) is 11.8. The van der Waals surface area contributed by atoms with E-state index in [2.05, 4.69) is 0 Å². The molecule has 1 saturated carbocycles. The van der Waals surface area contributed by atoms with Gasteiger partial charge in [-0.3, -0.25) is 0 Å². The van der Waals surface area contributed by atoms with Crippen LogP contribution in [0.4, 0.5) is 0 Å². The molecule has 0 radical (unpaired) electrons. The Morgan fingerprint density at radius 2 is 1.82 bits per heavy atom. The molecule has 1 aliphatic rings. The van der Waals surface area contributed by atoms with Crippen molar-refractivity contribution in [3.8, 4) is 11.5 Å². The average Bonchev–Trinajstić information content (AvgIpc) is 2.53. The molecule has 0 N–H and O–H groups in total. The number of Topliss-reactive ketones (excluding diaryl/α,β-unsaturated/α-hetero) is 1. The van der Waals surface area contributed by atoms with E-state index in [1.54, 1.807) is 21.1 Å². The van der Waals surface area contributed by atoms with Crippen LogP contribution in [0.3, 0.4) is 0 Å². The van der Waals surface area contributed by atoms with E-state index < -0.39 is 0 Å². The number of hydrogen-bond acceptors (Lipinski definition) is 3. The number of carbonyl (C=O) groups is 1. The Morgan fingerprint density at radius 1 is 1.18 bits per heavy atom. The van der Waals surface area contributed by atoms with Gasteiger partial charge in [-0.25, -0.2) is 0 Å². The number of ether oxygens (including phenoxy) is 2. The van der Waals surface area contributed by atoms with E-state index in [9.17, 15) is 4.79 Å². The van der Waals surface area contributed by atoms with Crippen LogP contribution < -0.4 is 9.47 Å². The number of hydrogen-bond donors (Lipinski definition) is 0. The highest BCUT2D eigenvalue weighted by molar-refractivity contribution is 6.32.